The summed E-state index contributed by atoms with van der Waals surface area (Å²) in [5, 5.41) is 13.3. The molecule has 0 radical (unpaired) electrons. The van der Waals surface area contributed by atoms with Gasteiger partial charge in [0.15, 0.2) is 0 Å². The van der Waals surface area contributed by atoms with E-state index in [2.05, 4.69) is 26.1 Å². The molecular formula is C26H44N2O6. The van der Waals surface area contributed by atoms with Gasteiger partial charge in [0, 0.05) is 5.54 Å². The summed E-state index contributed by atoms with van der Waals surface area (Å²) >= 11 is 0. The van der Waals surface area contributed by atoms with Gasteiger partial charge in [-0.2, -0.15) is 0 Å². The first-order chi connectivity index (χ1) is 15.6. The minimum atomic E-state index is -1.13. The topological polar surface area (TPSA) is 105 Å². The van der Waals surface area contributed by atoms with Crippen LogP contribution in [-0.2, 0) is 23.9 Å². The van der Waals surface area contributed by atoms with Gasteiger partial charge < -0.3 is 24.8 Å². The predicted octanol–water partition coefficient (Wildman–Crippen LogP) is 2.66. The first kappa shape index (κ1) is 26.9. The first-order valence-electron chi connectivity index (χ1n) is 12.7. The molecule has 0 aromatic rings. The summed E-state index contributed by atoms with van der Waals surface area (Å²) < 4.78 is 12.0. The van der Waals surface area contributed by atoms with Gasteiger partial charge in [-0.25, -0.2) is 0 Å². The number of ether oxygens (including phenoxy) is 2. The molecule has 194 valence electrons. The molecule has 7 atom stereocenters. The van der Waals surface area contributed by atoms with E-state index >= 15 is 0 Å². The van der Waals surface area contributed by atoms with Gasteiger partial charge in [0.05, 0.1) is 30.8 Å². The Morgan fingerprint density at radius 1 is 1.26 bits per heavy atom. The number of hydrogen-bond donors (Lipinski definition) is 2. The Balaban J connectivity index is 2.09. The van der Waals surface area contributed by atoms with E-state index in [4.69, 9.17) is 9.47 Å². The number of carbonyl (C=O) groups excluding carboxylic acids is 3. The van der Waals surface area contributed by atoms with Gasteiger partial charge in [-0.05, 0) is 58.3 Å². The Morgan fingerprint density at radius 3 is 2.38 bits per heavy atom. The lowest BCUT2D eigenvalue weighted by Crippen LogP contribution is -2.61. The van der Waals surface area contributed by atoms with Gasteiger partial charge in [-0.1, -0.05) is 34.6 Å². The minimum absolute atomic E-state index is 0.0147. The third-order valence-corrected chi connectivity index (χ3v) is 8.05. The van der Waals surface area contributed by atoms with Crippen molar-refractivity contribution in [3.8, 4) is 0 Å². The minimum Gasteiger partial charge on any atom is -0.466 e. The maximum atomic E-state index is 14.0. The fourth-order valence-corrected chi connectivity index (χ4v) is 7.15. The van der Waals surface area contributed by atoms with Crippen LogP contribution in [0, 0.1) is 23.2 Å². The number of carbonyl (C=O) groups is 3. The summed E-state index contributed by atoms with van der Waals surface area (Å²) in [7, 11) is 0. The molecule has 2 N–H and O–H groups in total. The Hall–Kier alpha value is -1.67. The highest BCUT2D eigenvalue weighted by Crippen LogP contribution is 2.65. The fraction of sp³-hybridized carbons (Fsp3) is 0.885. The van der Waals surface area contributed by atoms with Crippen LogP contribution in [0.15, 0.2) is 0 Å². The van der Waals surface area contributed by atoms with Gasteiger partial charge >= 0.3 is 5.97 Å². The van der Waals surface area contributed by atoms with E-state index in [1.807, 2.05) is 34.6 Å². The molecule has 2 amide bonds. The number of likely N-dealkylation sites (tertiary alicyclic amines) is 1. The third kappa shape index (κ3) is 4.15. The Labute approximate surface area is 204 Å². The molecule has 8 heteroatoms. The molecule has 0 aliphatic carbocycles. The number of fused-ring (bicyclic) bond motifs is 1. The SMILES string of the molecule is CCOC(=O)[C@@H]1[C@H]2C(=O)N([C@@H](CC)CO)C(C(=O)NC(C)(C)CC(C)(C)C)C23CC(C)[C@@]1(C)O3. The zero-order valence-corrected chi connectivity index (χ0v) is 22.4. The van der Waals surface area contributed by atoms with Gasteiger partial charge in [0.1, 0.15) is 17.6 Å². The van der Waals surface area contributed by atoms with Crippen molar-refractivity contribution < 1.29 is 29.0 Å². The van der Waals surface area contributed by atoms with Crippen LogP contribution >= 0.6 is 0 Å². The molecule has 3 aliphatic heterocycles. The molecule has 3 unspecified atom stereocenters. The number of nitrogens with zero attached hydrogens (tertiary/aromatic N) is 1. The molecule has 2 bridgehead atoms. The van der Waals surface area contributed by atoms with Crippen LogP contribution in [0.3, 0.4) is 0 Å². The van der Waals surface area contributed by atoms with E-state index in [0.29, 0.717) is 12.8 Å². The average molecular weight is 481 g/mol. The maximum Gasteiger partial charge on any atom is 0.312 e. The van der Waals surface area contributed by atoms with Crippen LogP contribution in [0.25, 0.3) is 0 Å². The van der Waals surface area contributed by atoms with Crippen molar-refractivity contribution in [3.05, 3.63) is 0 Å². The second-order valence-corrected chi connectivity index (χ2v) is 12.6. The molecule has 0 saturated carbocycles. The van der Waals surface area contributed by atoms with Gasteiger partial charge in [0.25, 0.3) is 0 Å². The van der Waals surface area contributed by atoms with E-state index < -0.39 is 46.6 Å². The summed E-state index contributed by atoms with van der Waals surface area (Å²) in [4.78, 5) is 42.6. The molecule has 8 nitrogen and oxygen atoms in total. The summed E-state index contributed by atoms with van der Waals surface area (Å²) in [5.41, 5.74) is -2.56. The van der Waals surface area contributed by atoms with Crippen molar-refractivity contribution in [1.82, 2.24) is 10.2 Å². The number of hydrogen-bond acceptors (Lipinski definition) is 6. The van der Waals surface area contributed by atoms with E-state index in [1.165, 1.54) is 4.90 Å². The van der Waals surface area contributed by atoms with E-state index in [0.717, 1.165) is 6.42 Å². The lowest BCUT2D eigenvalue weighted by molar-refractivity contribution is -0.162. The second kappa shape index (κ2) is 8.77. The highest BCUT2D eigenvalue weighted by molar-refractivity contribution is 5.99. The van der Waals surface area contributed by atoms with Gasteiger partial charge in [-0.15, -0.1) is 0 Å². The molecule has 3 aliphatic rings. The predicted molar refractivity (Wildman–Crippen MR) is 128 cm³/mol. The van der Waals surface area contributed by atoms with Crippen molar-refractivity contribution in [2.45, 2.75) is 110 Å². The first-order valence-corrected chi connectivity index (χ1v) is 12.7. The van der Waals surface area contributed by atoms with Crippen LogP contribution < -0.4 is 5.32 Å². The fourth-order valence-electron chi connectivity index (χ4n) is 7.15. The van der Waals surface area contributed by atoms with Crippen molar-refractivity contribution in [2.75, 3.05) is 13.2 Å². The van der Waals surface area contributed by atoms with E-state index in [-0.39, 0.29) is 36.4 Å². The zero-order valence-electron chi connectivity index (χ0n) is 22.4. The average Bonchev–Trinajstić information content (AvgIpc) is 3.18. The number of aliphatic hydroxyl groups is 1. The zero-order chi connectivity index (χ0) is 25.9. The smallest absolute Gasteiger partial charge is 0.312 e. The summed E-state index contributed by atoms with van der Waals surface area (Å²) in [6, 6.07) is -1.47. The molecule has 3 rings (SSSR count). The van der Waals surface area contributed by atoms with Crippen LogP contribution in [0.5, 0.6) is 0 Å². The maximum absolute atomic E-state index is 14.0. The van der Waals surface area contributed by atoms with Crippen LogP contribution in [0.4, 0.5) is 0 Å². The number of rotatable bonds is 8. The molecule has 3 fully saturated rings. The Kier molecular flexibility index (Phi) is 6.94. The summed E-state index contributed by atoms with van der Waals surface area (Å²) in [6.45, 7) is 17.7. The quantitative estimate of drug-likeness (QED) is 0.518. The number of esters is 1. The van der Waals surface area contributed by atoms with E-state index in [9.17, 15) is 19.5 Å². The normalized spacial score (nSPS) is 35.9. The lowest BCUT2D eigenvalue weighted by Gasteiger charge is -2.40. The molecule has 34 heavy (non-hydrogen) atoms. The summed E-state index contributed by atoms with van der Waals surface area (Å²) in [6.07, 6.45) is 1.71. The largest absolute Gasteiger partial charge is 0.466 e. The van der Waals surface area contributed by atoms with Crippen molar-refractivity contribution in [1.29, 1.82) is 0 Å². The van der Waals surface area contributed by atoms with Crippen LogP contribution in [-0.4, -0.2) is 69.8 Å². The summed E-state index contributed by atoms with van der Waals surface area (Å²) in [5.74, 6) is -2.69. The number of amides is 2. The second-order valence-electron chi connectivity index (χ2n) is 12.6. The highest BCUT2D eigenvalue weighted by Gasteiger charge is 2.80. The molecule has 3 heterocycles. The standard InChI is InChI=1S/C26H44N2O6/c1-10-16(13-29)28-19(20(30)27-24(7,8)14-23(4,5)6)26-12-15(3)25(9,34-26)18(17(26)21(28)31)22(32)33-11-2/h15-19,29H,10-14H2,1-9H3,(H,27,30)/t15?,16-,17-,18-,19?,25+,26?/m0/s1. The Bertz CT molecular complexity index is 832. The molecule has 1 spiro atoms. The van der Waals surface area contributed by atoms with Gasteiger partial charge in [-0.3, -0.25) is 14.4 Å². The Morgan fingerprint density at radius 2 is 1.88 bits per heavy atom. The van der Waals surface area contributed by atoms with Crippen molar-refractivity contribution >= 4 is 17.8 Å². The van der Waals surface area contributed by atoms with E-state index in [1.54, 1.807) is 6.92 Å². The molecular weight excluding hydrogens is 436 g/mol. The van der Waals surface area contributed by atoms with Crippen LogP contribution in [0.2, 0.25) is 0 Å². The van der Waals surface area contributed by atoms with Crippen LogP contribution in [0.1, 0.15) is 81.6 Å². The molecule has 0 aromatic heterocycles. The monoisotopic (exact) mass is 480 g/mol. The lowest BCUT2D eigenvalue weighted by atomic mass is 9.62. The van der Waals surface area contributed by atoms with Gasteiger partial charge in [0.2, 0.25) is 11.8 Å². The highest BCUT2D eigenvalue weighted by atomic mass is 16.6. The van der Waals surface area contributed by atoms with Crippen molar-refractivity contribution in [3.63, 3.8) is 0 Å². The number of aliphatic hydroxyl groups excluding tert-OH is 1. The third-order valence-electron chi connectivity index (χ3n) is 8.05. The van der Waals surface area contributed by atoms with Crippen molar-refractivity contribution in [2.24, 2.45) is 23.2 Å². The molecule has 3 saturated heterocycles. The number of nitrogens with one attached hydrogen (secondary N) is 1. The molecule has 0 aromatic carbocycles.